The van der Waals surface area contributed by atoms with Crippen molar-refractivity contribution in [2.24, 2.45) is 11.5 Å². The van der Waals surface area contributed by atoms with Gasteiger partial charge in [0.15, 0.2) is 17.4 Å². The number of nitrogens with one attached hydrogen (secondary N) is 2. The summed E-state index contributed by atoms with van der Waals surface area (Å²) in [7, 11) is 0. The fraction of sp³-hybridized carbons (Fsp3) is 0.400. The Balaban J connectivity index is 1.57. The minimum Gasteiger partial charge on any atom is -0.485 e. The zero-order valence-corrected chi connectivity index (χ0v) is 26.9. The number of carbonyl (C=O) groups excluding carboxylic acids is 5. The number of benzene rings is 3. The second kappa shape index (κ2) is 14.7. The molecule has 1 aliphatic rings. The zero-order chi connectivity index (χ0) is 34.4. The van der Waals surface area contributed by atoms with E-state index < -0.39 is 65.8 Å². The molecule has 1 fully saturated rings. The third-order valence-corrected chi connectivity index (χ3v) is 8.05. The van der Waals surface area contributed by atoms with Crippen LogP contribution in [-0.2, 0) is 30.4 Å². The van der Waals surface area contributed by atoms with Gasteiger partial charge in [-0.25, -0.2) is 0 Å². The van der Waals surface area contributed by atoms with Crippen LogP contribution in [0, 0.1) is 0 Å². The average Bonchev–Trinajstić information content (AvgIpc) is 3.52. The zero-order valence-electron chi connectivity index (χ0n) is 26.9. The van der Waals surface area contributed by atoms with E-state index in [0.717, 1.165) is 10.8 Å². The van der Waals surface area contributed by atoms with Crippen molar-refractivity contribution in [3.05, 3.63) is 78.4 Å². The molecule has 0 aromatic heterocycles. The highest BCUT2D eigenvalue weighted by Crippen LogP contribution is 2.26. The van der Waals surface area contributed by atoms with Crippen LogP contribution in [0.1, 0.15) is 45.6 Å². The number of nitrogens with two attached hydrogens (primary N) is 2. The summed E-state index contributed by atoms with van der Waals surface area (Å²) in [6.07, 6.45) is -1.74. The van der Waals surface area contributed by atoms with E-state index in [9.17, 15) is 29.1 Å². The first kappa shape index (κ1) is 35.1. The Kier molecular flexibility index (Phi) is 11.0. The highest BCUT2D eigenvalue weighted by atomic mass is 16.5. The van der Waals surface area contributed by atoms with Crippen molar-refractivity contribution in [3.8, 4) is 5.75 Å². The summed E-state index contributed by atoms with van der Waals surface area (Å²) in [6, 6.07) is 19.3. The first-order valence-electron chi connectivity index (χ1n) is 15.6. The Bertz CT molecular complexity index is 1620. The third-order valence-electron chi connectivity index (χ3n) is 8.05. The van der Waals surface area contributed by atoms with Crippen LogP contribution in [0.25, 0.3) is 10.8 Å². The largest absolute Gasteiger partial charge is 0.485 e. The van der Waals surface area contributed by atoms with Gasteiger partial charge in [-0.2, -0.15) is 0 Å². The minimum absolute atomic E-state index is 0.0282. The van der Waals surface area contributed by atoms with E-state index in [1.165, 1.54) is 4.90 Å². The summed E-state index contributed by atoms with van der Waals surface area (Å²) in [4.78, 5) is 67.5. The standard InChI is InChI=1S/C35H43N5O7/c1-34(2,3)39-31(44)26-16-10-18-40(26)32(45)30(43)25(19-22-11-5-4-6-12-22)38-33(46)35(37,20-29(36)42)28(41)21-47-27-17-9-14-23-13-7-8-15-24(23)27/h4-9,11-15,17,25-26,30,43H,10,16,18-21,37H2,1-3H3,(H2,36,42)(H,38,46)(H,39,44)/t25-,26-,30-,35+/m0/s1. The Hall–Kier alpha value is -4.81. The molecular formula is C35H43N5O7. The number of aliphatic hydroxyl groups excluding tert-OH is 1. The molecule has 3 aromatic carbocycles. The van der Waals surface area contributed by atoms with Gasteiger partial charge in [0.05, 0.1) is 12.5 Å². The Morgan fingerprint density at radius 1 is 0.979 bits per heavy atom. The highest BCUT2D eigenvalue weighted by Gasteiger charge is 2.46. The fourth-order valence-electron chi connectivity index (χ4n) is 5.68. The number of aliphatic hydroxyl groups is 1. The summed E-state index contributed by atoms with van der Waals surface area (Å²) >= 11 is 0. The van der Waals surface area contributed by atoms with E-state index in [0.29, 0.717) is 24.2 Å². The van der Waals surface area contributed by atoms with Crippen molar-refractivity contribution >= 4 is 40.2 Å². The van der Waals surface area contributed by atoms with Gasteiger partial charge in [-0.1, -0.05) is 66.7 Å². The van der Waals surface area contributed by atoms with Gasteiger partial charge in [0.1, 0.15) is 18.4 Å². The molecule has 3 aromatic rings. The van der Waals surface area contributed by atoms with Gasteiger partial charge in [0, 0.05) is 17.5 Å². The Labute approximate surface area is 273 Å². The van der Waals surface area contributed by atoms with E-state index in [1.807, 2.05) is 51.1 Å². The average molecular weight is 646 g/mol. The summed E-state index contributed by atoms with van der Waals surface area (Å²) < 4.78 is 5.77. The second-order valence-corrected chi connectivity index (χ2v) is 12.9. The number of nitrogens with zero attached hydrogens (tertiary/aromatic N) is 1. The van der Waals surface area contributed by atoms with Crippen LogP contribution in [-0.4, -0.2) is 81.8 Å². The predicted molar refractivity (Wildman–Crippen MR) is 176 cm³/mol. The molecule has 4 amide bonds. The Morgan fingerprint density at radius 2 is 1.64 bits per heavy atom. The molecule has 4 atom stereocenters. The van der Waals surface area contributed by atoms with Crippen LogP contribution in [0.5, 0.6) is 5.75 Å². The number of Topliss-reactive ketones (excluding diaryl/α,β-unsaturated/α-hetero) is 1. The number of likely N-dealkylation sites (tertiary alicyclic amines) is 1. The maximum Gasteiger partial charge on any atom is 0.254 e. The first-order valence-corrected chi connectivity index (χ1v) is 15.6. The summed E-state index contributed by atoms with van der Waals surface area (Å²) in [5, 5.41) is 18.5. The van der Waals surface area contributed by atoms with E-state index in [-0.39, 0.29) is 18.9 Å². The van der Waals surface area contributed by atoms with Crippen molar-refractivity contribution in [3.63, 3.8) is 0 Å². The van der Waals surface area contributed by atoms with E-state index in [1.54, 1.807) is 42.5 Å². The molecule has 0 saturated carbocycles. The predicted octanol–water partition coefficient (Wildman–Crippen LogP) is 1.35. The van der Waals surface area contributed by atoms with Gasteiger partial charge in [-0.3, -0.25) is 24.0 Å². The van der Waals surface area contributed by atoms with Crippen molar-refractivity contribution in [2.75, 3.05) is 13.2 Å². The van der Waals surface area contributed by atoms with E-state index in [4.69, 9.17) is 16.2 Å². The van der Waals surface area contributed by atoms with E-state index >= 15 is 0 Å². The van der Waals surface area contributed by atoms with Gasteiger partial charge >= 0.3 is 0 Å². The lowest BCUT2D eigenvalue weighted by Crippen LogP contribution is -2.66. The smallest absolute Gasteiger partial charge is 0.254 e. The second-order valence-electron chi connectivity index (χ2n) is 12.9. The van der Waals surface area contributed by atoms with Crippen molar-refractivity contribution < 1.29 is 33.8 Å². The molecule has 0 unspecified atom stereocenters. The molecule has 12 heteroatoms. The third kappa shape index (κ3) is 8.72. The number of ether oxygens (including phenoxy) is 1. The maximum absolute atomic E-state index is 13.8. The molecule has 1 heterocycles. The first-order chi connectivity index (χ1) is 22.2. The normalized spacial score (nSPS) is 17.3. The van der Waals surface area contributed by atoms with Gasteiger partial charge in [-0.15, -0.1) is 0 Å². The number of amides is 4. The number of fused-ring (bicyclic) bond motifs is 1. The number of ketones is 1. The molecule has 0 aliphatic carbocycles. The van der Waals surface area contributed by atoms with Gasteiger partial charge in [0.2, 0.25) is 17.7 Å². The van der Waals surface area contributed by atoms with Crippen LogP contribution in [0.2, 0.25) is 0 Å². The van der Waals surface area contributed by atoms with Crippen molar-refractivity contribution in [2.45, 2.75) is 75.7 Å². The van der Waals surface area contributed by atoms with Crippen LogP contribution in [0.15, 0.2) is 72.8 Å². The number of primary amides is 1. The lowest BCUT2D eigenvalue weighted by Gasteiger charge is -2.33. The lowest BCUT2D eigenvalue weighted by atomic mass is 9.88. The molecule has 1 saturated heterocycles. The Morgan fingerprint density at radius 3 is 2.32 bits per heavy atom. The fourth-order valence-corrected chi connectivity index (χ4v) is 5.68. The van der Waals surface area contributed by atoms with Gasteiger partial charge in [0.25, 0.3) is 5.91 Å². The minimum atomic E-state index is -2.48. The lowest BCUT2D eigenvalue weighted by molar-refractivity contribution is -0.148. The molecule has 7 N–H and O–H groups in total. The number of hydrogen-bond donors (Lipinski definition) is 5. The van der Waals surface area contributed by atoms with Crippen molar-refractivity contribution in [1.29, 1.82) is 0 Å². The van der Waals surface area contributed by atoms with Crippen molar-refractivity contribution in [1.82, 2.24) is 15.5 Å². The molecule has 12 nitrogen and oxygen atoms in total. The molecule has 1 aliphatic heterocycles. The van der Waals surface area contributed by atoms with Crippen LogP contribution in [0.3, 0.4) is 0 Å². The molecule has 0 bridgehead atoms. The van der Waals surface area contributed by atoms with Gasteiger partial charge < -0.3 is 36.8 Å². The molecule has 47 heavy (non-hydrogen) atoms. The van der Waals surface area contributed by atoms with Crippen LogP contribution in [0.4, 0.5) is 0 Å². The molecular weight excluding hydrogens is 602 g/mol. The van der Waals surface area contributed by atoms with Crippen LogP contribution < -0.4 is 26.8 Å². The molecule has 0 spiro atoms. The van der Waals surface area contributed by atoms with Crippen LogP contribution >= 0.6 is 0 Å². The maximum atomic E-state index is 13.8. The monoisotopic (exact) mass is 645 g/mol. The highest BCUT2D eigenvalue weighted by molar-refractivity contribution is 6.13. The number of carbonyl (C=O) groups is 5. The number of rotatable bonds is 13. The summed E-state index contributed by atoms with van der Waals surface area (Å²) in [5.74, 6) is -3.79. The summed E-state index contributed by atoms with van der Waals surface area (Å²) in [6.45, 7) is 5.05. The molecule has 4 rings (SSSR count). The molecule has 0 radical (unpaired) electrons. The topological polar surface area (TPSA) is 194 Å². The number of hydrogen-bond acceptors (Lipinski definition) is 8. The summed E-state index contributed by atoms with van der Waals surface area (Å²) in [5.41, 5.74) is 9.43. The van der Waals surface area contributed by atoms with E-state index in [2.05, 4.69) is 10.6 Å². The quantitative estimate of drug-likeness (QED) is 0.172. The molecule has 250 valence electrons. The SMILES string of the molecule is CC(C)(C)NC(=O)[C@@H]1CCCN1C(=O)[C@@H](O)[C@H](Cc1ccccc1)NC(=O)[C@@](N)(CC(N)=O)C(=O)COc1cccc2ccccc12. The van der Waals surface area contributed by atoms with Gasteiger partial charge in [-0.05, 0) is 57.0 Å².